The van der Waals surface area contributed by atoms with Crippen LogP contribution in [-0.4, -0.2) is 53.8 Å². The molecule has 0 aromatic carbocycles. The number of amides is 1. The van der Waals surface area contributed by atoms with E-state index in [0.717, 1.165) is 62.5 Å². The third-order valence-corrected chi connectivity index (χ3v) is 5.13. The molecule has 1 aromatic heterocycles. The molecule has 1 fully saturated rings. The summed E-state index contributed by atoms with van der Waals surface area (Å²) in [6, 6.07) is 0. The summed E-state index contributed by atoms with van der Waals surface area (Å²) in [6.07, 6.45) is 2.93. The standard InChI is InChI=1S/C18H33N5O/c1-6-15(7-2)17(24)19-13-16-14(3)20-22(5)18(16)23-10-8-9-21(4)11-12-23/h15H,6-13H2,1-5H3,(H,19,24). The highest BCUT2D eigenvalue weighted by atomic mass is 16.1. The van der Waals surface area contributed by atoms with Gasteiger partial charge in [-0.15, -0.1) is 0 Å². The van der Waals surface area contributed by atoms with Gasteiger partial charge in [-0.1, -0.05) is 13.8 Å². The van der Waals surface area contributed by atoms with Crippen molar-refractivity contribution >= 4 is 11.7 Å². The van der Waals surface area contributed by atoms with Gasteiger partial charge >= 0.3 is 0 Å². The number of aromatic nitrogens is 2. The minimum Gasteiger partial charge on any atom is -0.355 e. The smallest absolute Gasteiger partial charge is 0.223 e. The Labute approximate surface area is 146 Å². The monoisotopic (exact) mass is 335 g/mol. The van der Waals surface area contributed by atoms with Gasteiger partial charge in [0.25, 0.3) is 0 Å². The highest BCUT2D eigenvalue weighted by molar-refractivity contribution is 5.78. The average Bonchev–Trinajstić information content (AvgIpc) is 2.70. The lowest BCUT2D eigenvalue weighted by molar-refractivity contribution is -0.125. The lowest BCUT2D eigenvalue weighted by Crippen LogP contribution is -2.33. The van der Waals surface area contributed by atoms with Crippen molar-refractivity contribution in [2.45, 2.75) is 46.6 Å². The van der Waals surface area contributed by atoms with Crippen molar-refractivity contribution in [2.75, 3.05) is 38.1 Å². The number of carbonyl (C=O) groups excluding carboxylic acids is 1. The Morgan fingerprint density at radius 3 is 2.54 bits per heavy atom. The first kappa shape index (κ1) is 18.8. The largest absolute Gasteiger partial charge is 0.355 e. The van der Waals surface area contributed by atoms with E-state index in [9.17, 15) is 4.79 Å². The zero-order valence-electron chi connectivity index (χ0n) is 15.9. The fourth-order valence-corrected chi connectivity index (χ4v) is 3.53. The van der Waals surface area contributed by atoms with E-state index in [0.29, 0.717) is 6.54 Å². The molecule has 24 heavy (non-hydrogen) atoms. The molecule has 1 aromatic rings. The molecule has 1 amide bonds. The second kappa shape index (κ2) is 8.51. The van der Waals surface area contributed by atoms with E-state index in [4.69, 9.17) is 0 Å². The highest BCUT2D eigenvalue weighted by Gasteiger charge is 2.22. The maximum absolute atomic E-state index is 12.3. The zero-order valence-corrected chi connectivity index (χ0v) is 15.9. The third-order valence-electron chi connectivity index (χ3n) is 5.13. The Kier molecular flexibility index (Phi) is 6.66. The predicted octanol–water partition coefficient (Wildman–Crippen LogP) is 1.92. The molecule has 0 saturated carbocycles. The number of nitrogens with zero attached hydrogens (tertiary/aromatic N) is 4. The van der Waals surface area contributed by atoms with Crippen molar-refractivity contribution in [3.63, 3.8) is 0 Å². The number of carbonyl (C=O) groups is 1. The van der Waals surface area contributed by atoms with Crippen LogP contribution in [0.1, 0.15) is 44.4 Å². The van der Waals surface area contributed by atoms with Crippen molar-refractivity contribution < 1.29 is 4.79 Å². The van der Waals surface area contributed by atoms with Gasteiger partial charge in [-0.25, -0.2) is 0 Å². The maximum Gasteiger partial charge on any atom is 0.223 e. The first-order valence-electron chi connectivity index (χ1n) is 9.21. The number of rotatable bonds is 6. The van der Waals surface area contributed by atoms with E-state index in [1.54, 1.807) is 0 Å². The molecule has 1 N–H and O–H groups in total. The molecule has 0 bridgehead atoms. The molecule has 0 spiro atoms. The van der Waals surface area contributed by atoms with Crippen molar-refractivity contribution in [2.24, 2.45) is 13.0 Å². The molecule has 136 valence electrons. The Morgan fingerprint density at radius 1 is 1.17 bits per heavy atom. The number of hydrogen-bond acceptors (Lipinski definition) is 4. The lowest BCUT2D eigenvalue weighted by Gasteiger charge is -2.24. The fraction of sp³-hybridized carbons (Fsp3) is 0.778. The number of nitrogens with one attached hydrogen (secondary N) is 1. The first-order valence-corrected chi connectivity index (χ1v) is 9.21. The molecule has 0 unspecified atom stereocenters. The summed E-state index contributed by atoms with van der Waals surface area (Å²) in [5.74, 6) is 1.43. The van der Waals surface area contributed by atoms with Gasteiger partial charge in [-0.3, -0.25) is 9.48 Å². The molecule has 6 nitrogen and oxygen atoms in total. The van der Waals surface area contributed by atoms with Gasteiger partial charge in [0, 0.05) is 44.7 Å². The SMILES string of the molecule is CCC(CC)C(=O)NCc1c(C)nn(C)c1N1CCCN(C)CC1. The van der Waals surface area contributed by atoms with Crippen molar-refractivity contribution in [3.8, 4) is 0 Å². The third kappa shape index (κ3) is 4.29. The summed E-state index contributed by atoms with van der Waals surface area (Å²) < 4.78 is 1.97. The van der Waals surface area contributed by atoms with Crippen LogP contribution in [0.3, 0.4) is 0 Å². The zero-order chi connectivity index (χ0) is 17.7. The fourth-order valence-electron chi connectivity index (χ4n) is 3.53. The molecule has 0 aliphatic carbocycles. The summed E-state index contributed by atoms with van der Waals surface area (Å²) in [5.41, 5.74) is 2.16. The van der Waals surface area contributed by atoms with Crippen LogP contribution >= 0.6 is 0 Å². The molecule has 2 heterocycles. The number of hydrogen-bond donors (Lipinski definition) is 1. The average molecular weight is 335 g/mol. The summed E-state index contributed by atoms with van der Waals surface area (Å²) in [6.45, 7) is 11.0. The summed E-state index contributed by atoms with van der Waals surface area (Å²) in [5, 5.41) is 7.74. The molecule has 0 atom stereocenters. The Balaban J connectivity index is 2.14. The van der Waals surface area contributed by atoms with Crippen molar-refractivity contribution in [1.29, 1.82) is 0 Å². The van der Waals surface area contributed by atoms with E-state index in [-0.39, 0.29) is 11.8 Å². The second-order valence-corrected chi connectivity index (χ2v) is 6.89. The molecule has 0 radical (unpaired) electrons. The van der Waals surface area contributed by atoms with E-state index < -0.39 is 0 Å². The highest BCUT2D eigenvalue weighted by Crippen LogP contribution is 2.24. The Hall–Kier alpha value is -1.56. The van der Waals surface area contributed by atoms with Crippen LogP contribution < -0.4 is 10.2 Å². The van der Waals surface area contributed by atoms with Gasteiger partial charge in [0.2, 0.25) is 5.91 Å². The molecular formula is C18H33N5O. The van der Waals surface area contributed by atoms with Crippen molar-refractivity contribution in [3.05, 3.63) is 11.3 Å². The molecule has 1 aliphatic heterocycles. The van der Waals surface area contributed by atoms with Crippen LogP contribution in [0.2, 0.25) is 0 Å². The van der Waals surface area contributed by atoms with Crippen LogP contribution in [0.5, 0.6) is 0 Å². The molecule has 6 heteroatoms. The van der Waals surface area contributed by atoms with Gasteiger partial charge in [-0.05, 0) is 39.8 Å². The van der Waals surface area contributed by atoms with E-state index in [1.165, 1.54) is 0 Å². The molecule has 1 saturated heterocycles. The maximum atomic E-state index is 12.3. The van der Waals surface area contributed by atoms with E-state index >= 15 is 0 Å². The van der Waals surface area contributed by atoms with E-state index in [1.807, 2.05) is 18.7 Å². The van der Waals surface area contributed by atoms with Gasteiger partial charge in [-0.2, -0.15) is 5.10 Å². The Morgan fingerprint density at radius 2 is 1.88 bits per heavy atom. The number of aryl methyl sites for hydroxylation is 2. The van der Waals surface area contributed by atoms with Gasteiger partial charge < -0.3 is 15.1 Å². The Bertz CT molecular complexity index is 550. The van der Waals surface area contributed by atoms with E-state index in [2.05, 4.69) is 41.1 Å². The normalized spacial score (nSPS) is 16.5. The second-order valence-electron chi connectivity index (χ2n) is 6.89. The predicted molar refractivity (Wildman–Crippen MR) is 98.2 cm³/mol. The van der Waals surface area contributed by atoms with Crippen LogP contribution in [0.4, 0.5) is 5.82 Å². The van der Waals surface area contributed by atoms with Gasteiger partial charge in [0.1, 0.15) is 5.82 Å². The lowest BCUT2D eigenvalue weighted by atomic mass is 10.0. The van der Waals surface area contributed by atoms with Crippen LogP contribution in [-0.2, 0) is 18.4 Å². The molecular weight excluding hydrogens is 302 g/mol. The summed E-state index contributed by atoms with van der Waals surface area (Å²) in [4.78, 5) is 17.1. The molecule has 1 aliphatic rings. The first-order chi connectivity index (χ1) is 11.5. The number of anilines is 1. The summed E-state index contributed by atoms with van der Waals surface area (Å²) >= 11 is 0. The minimum atomic E-state index is 0.109. The van der Waals surface area contributed by atoms with Crippen LogP contribution in [0, 0.1) is 12.8 Å². The molecule has 2 rings (SSSR count). The van der Waals surface area contributed by atoms with Gasteiger partial charge in [0.05, 0.1) is 5.69 Å². The van der Waals surface area contributed by atoms with Crippen LogP contribution in [0.25, 0.3) is 0 Å². The topological polar surface area (TPSA) is 53.4 Å². The quantitative estimate of drug-likeness (QED) is 0.863. The van der Waals surface area contributed by atoms with Crippen molar-refractivity contribution in [1.82, 2.24) is 20.0 Å². The number of likely N-dealkylation sites (N-methyl/N-ethyl adjacent to an activating group) is 1. The van der Waals surface area contributed by atoms with Crippen LogP contribution in [0.15, 0.2) is 0 Å². The van der Waals surface area contributed by atoms with Gasteiger partial charge in [0.15, 0.2) is 0 Å². The minimum absolute atomic E-state index is 0.109. The summed E-state index contributed by atoms with van der Waals surface area (Å²) in [7, 11) is 4.18.